The molecule has 0 aromatic carbocycles. The lowest BCUT2D eigenvalue weighted by Gasteiger charge is -2.34. The van der Waals surface area contributed by atoms with Crippen molar-refractivity contribution in [3.05, 3.63) is 29.2 Å². The van der Waals surface area contributed by atoms with Crippen LogP contribution in [-0.2, 0) is 14.3 Å². The zero-order chi connectivity index (χ0) is 25.4. The topological polar surface area (TPSA) is 115 Å². The number of nitrogens with one attached hydrogen (secondary N) is 1. The van der Waals surface area contributed by atoms with Crippen LogP contribution < -0.4 is 15.0 Å². The van der Waals surface area contributed by atoms with Gasteiger partial charge in [0.2, 0.25) is 5.91 Å². The second-order valence-electron chi connectivity index (χ2n) is 9.51. The summed E-state index contributed by atoms with van der Waals surface area (Å²) in [4.78, 5) is 52.7. The van der Waals surface area contributed by atoms with Gasteiger partial charge in [-0.15, -0.1) is 22.9 Å². The lowest BCUT2D eigenvalue weighted by atomic mass is 9.83. The second-order valence-corrected chi connectivity index (χ2v) is 11.1. The zero-order valence-corrected chi connectivity index (χ0v) is 21.8. The molecule has 0 spiro atoms. The SMILES string of the molecule is CO[n+]1ncc(-c2cnc(C(=O)NC(C(=O)N3CC(Cl)C4OCC(=O)C43)C3CCCCC3)s2)cc1C. The Kier molecular flexibility index (Phi) is 7.23. The highest BCUT2D eigenvalue weighted by Gasteiger charge is 2.53. The molecular formula is C24H29ClN5O5S+. The highest BCUT2D eigenvalue weighted by atomic mass is 35.5. The van der Waals surface area contributed by atoms with E-state index in [0.29, 0.717) is 0 Å². The first-order chi connectivity index (χ1) is 17.4. The van der Waals surface area contributed by atoms with Crippen molar-refractivity contribution in [2.75, 3.05) is 20.3 Å². The predicted molar refractivity (Wildman–Crippen MR) is 130 cm³/mol. The van der Waals surface area contributed by atoms with Gasteiger partial charge in [-0.3, -0.25) is 14.4 Å². The van der Waals surface area contributed by atoms with Crippen LogP contribution in [0.1, 0.15) is 47.6 Å². The van der Waals surface area contributed by atoms with E-state index in [9.17, 15) is 14.4 Å². The first kappa shape index (κ1) is 25.0. The smallest absolute Gasteiger partial charge is 0.280 e. The highest BCUT2D eigenvalue weighted by Crippen LogP contribution is 2.34. The molecule has 1 N–H and O–H groups in total. The van der Waals surface area contributed by atoms with Crippen molar-refractivity contribution >= 4 is 40.5 Å². The normalized spacial score (nSPS) is 25.0. The van der Waals surface area contributed by atoms with Crippen molar-refractivity contribution < 1.29 is 28.8 Å². The average molecular weight is 535 g/mol. The molecule has 2 aliphatic heterocycles. The van der Waals surface area contributed by atoms with Crippen molar-refractivity contribution in [2.24, 2.45) is 5.92 Å². The van der Waals surface area contributed by atoms with E-state index < -0.39 is 29.5 Å². The van der Waals surface area contributed by atoms with E-state index in [1.165, 1.54) is 28.2 Å². The molecule has 2 aromatic heterocycles. The number of ether oxygens (including phenoxy) is 1. The number of carbonyl (C=O) groups is 3. The van der Waals surface area contributed by atoms with E-state index in [2.05, 4.69) is 15.4 Å². The van der Waals surface area contributed by atoms with Crippen LogP contribution in [0.2, 0.25) is 0 Å². The molecular weight excluding hydrogens is 506 g/mol. The van der Waals surface area contributed by atoms with E-state index in [4.69, 9.17) is 21.2 Å². The second kappa shape index (κ2) is 10.4. The maximum Gasteiger partial charge on any atom is 0.280 e. The van der Waals surface area contributed by atoms with Crippen LogP contribution in [0, 0.1) is 12.8 Å². The largest absolute Gasteiger partial charge is 0.366 e. The summed E-state index contributed by atoms with van der Waals surface area (Å²) in [6, 6.07) is 0.466. The summed E-state index contributed by atoms with van der Waals surface area (Å²) >= 11 is 7.65. The zero-order valence-electron chi connectivity index (χ0n) is 20.2. The number of halogens is 1. The molecule has 1 aliphatic carbocycles. The van der Waals surface area contributed by atoms with Gasteiger partial charge >= 0.3 is 0 Å². The molecule has 0 bridgehead atoms. The number of hydrogen-bond acceptors (Lipinski definition) is 8. The van der Waals surface area contributed by atoms with Crippen molar-refractivity contribution in [3.63, 3.8) is 0 Å². The van der Waals surface area contributed by atoms with Crippen LogP contribution in [0.15, 0.2) is 18.5 Å². The molecule has 10 nitrogen and oxygen atoms in total. The Labute approximate surface area is 217 Å². The van der Waals surface area contributed by atoms with Crippen molar-refractivity contribution in [1.82, 2.24) is 20.3 Å². The summed E-state index contributed by atoms with van der Waals surface area (Å²) in [6.07, 6.45) is 7.57. The van der Waals surface area contributed by atoms with Gasteiger partial charge in [0.25, 0.3) is 11.6 Å². The Hall–Kier alpha value is -2.63. The molecule has 192 valence electrons. The predicted octanol–water partition coefficient (Wildman–Crippen LogP) is 1.32. The number of amides is 2. The maximum absolute atomic E-state index is 13.8. The first-order valence-corrected chi connectivity index (χ1v) is 13.4. The fourth-order valence-electron chi connectivity index (χ4n) is 5.42. The monoisotopic (exact) mass is 534 g/mol. The first-order valence-electron chi connectivity index (χ1n) is 12.2. The Morgan fingerprint density at radius 2 is 2.08 bits per heavy atom. The van der Waals surface area contributed by atoms with Crippen molar-refractivity contribution in [2.45, 2.75) is 62.6 Å². The summed E-state index contributed by atoms with van der Waals surface area (Å²) in [6.45, 7) is 2.05. The number of alkyl halides is 1. The number of Topliss-reactive ketones (excluding diaryl/α,β-unsaturated/α-hetero) is 1. The Bertz CT molecular complexity index is 1170. The molecule has 5 rings (SSSR count). The third kappa shape index (κ3) is 4.71. The van der Waals surface area contributed by atoms with Gasteiger partial charge in [0.1, 0.15) is 35.8 Å². The minimum absolute atomic E-state index is 0.00894. The van der Waals surface area contributed by atoms with Gasteiger partial charge in [-0.1, -0.05) is 19.3 Å². The average Bonchev–Trinajstić information content (AvgIpc) is 3.60. The Morgan fingerprint density at radius 1 is 1.31 bits per heavy atom. The number of fused-ring (bicyclic) bond motifs is 1. The maximum atomic E-state index is 13.8. The van der Waals surface area contributed by atoms with E-state index >= 15 is 0 Å². The van der Waals surface area contributed by atoms with Gasteiger partial charge in [0.15, 0.2) is 17.9 Å². The molecule has 4 heterocycles. The van der Waals surface area contributed by atoms with Crippen LogP contribution >= 0.6 is 22.9 Å². The van der Waals surface area contributed by atoms with Crippen LogP contribution in [-0.4, -0.2) is 76.4 Å². The fourth-order valence-corrected chi connectivity index (χ4v) is 6.58. The molecule has 36 heavy (non-hydrogen) atoms. The van der Waals surface area contributed by atoms with Crippen molar-refractivity contribution in [3.8, 4) is 10.4 Å². The van der Waals surface area contributed by atoms with E-state index in [-0.39, 0.29) is 35.8 Å². The number of carbonyl (C=O) groups excluding carboxylic acids is 3. The fraction of sp³-hybridized carbons (Fsp3) is 0.583. The van der Waals surface area contributed by atoms with Crippen LogP contribution in [0.4, 0.5) is 0 Å². The van der Waals surface area contributed by atoms with Crippen LogP contribution in [0.5, 0.6) is 0 Å². The molecule has 3 fully saturated rings. The summed E-state index contributed by atoms with van der Waals surface area (Å²) < 4.78 is 5.54. The summed E-state index contributed by atoms with van der Waals surface area (Å²) in [5.74, 6) is -0.826. The molecule has 3 aliphatic rings. The molecule has 4 unspecified atom stereocenters. The summed E-state index contributed by atoms with van der Waals surface area (Å²) in [7, 11) is 1.53. The quantitative estimate of drug-likeness (QED) is 0.439. The molecule has 1 saturated carbocycles. The van der Waals surface area contributed by atoms with Crippen LogP contribution in [0.25, 0.3) is 10.4 Å². The van der Waals surface area contributed by atoms with Gasteiger partial charge in [-0.2, -0.15) is 0 Å². The number of aromatic nitrogens is 3. The van der Waals surface area contributed by atoms with Crippen LogP contribution in [0.3, 0.4) is 0 Å². The standard InChI is InChI=1S/C24H28ClN5O5S/c1-13-8-15(9-27-30(13)34-2)18-10-26-23(36-18)22(32)28-19(14-6-4-3-5-7-14)24(33)29-11-16(25)21-20(29)17(31)12-35-21/h8-10,14,16,19-21H,3-7,11-12H2,1-2H3/p+1. The molecule has 2 aromatic rings. The Balaban J connectivity index is 1.36. The number of likely N-dealkylation sites (tertiary alicyclic amines) is 1. The highest BCUT2D eigenvalue weighted by molar-refractivity contribution is 7.17. The molecule has 0 radical (unpaired) electrons. The minimum Gasteiger partial charge on any atom is -0.366 e. The number of ketones is 1. The lowest BCUT2D eigenvalue weighted by Crippen LogP contribution is -2.55. The molecule has 2 saturated heterocycles. The third-order valence-corrected chi connectivity index (χ3v) is 8.64. The minimum atomic E-state index is -0.748. The number of rotatable bonds is 6. The Morgan fingerprint density at radius 3 is 2.81 bits per heavy atom. The molecule has 4 atom stereocenters. The van der Waals surface area contributed by atoms with Gasteiger partial charge in [-0.05, 0) is 18.8 Å². The number of nitrogens with zero attached hydrogens (tertiary/aromatic N) is 4. The third-order valence-electron chi connectivity index (χ3n) is 7.20. The molecule has 12 heteroatoms. The van der Waals surface area contributed by atoms with Gasteiger partial charge in [-0.25, -0.2) is 9.82 Å². The van der Waals surface area contributed by atoms with E-state index in [0.717, 1.165) is 48.2 Å². The van der Waals surface area contributed by atoms with E-state index in [1.54, 1.807) is 12.4 Å². The van der Waals surface area contributed by atoms with Gasteiger partial charge in [0.05, 0.1) is 10.3 Å². The number of aryl methyl sites for hydroxylation is 1. The summed E-state index contributed by atoms with van der Waals surface area (Å²) in [5.41, 5.74) is 1.61. The lowest BCUT2D eigenvalue weighted by molar-refractivity contribution is -0.933. The number of hydrogen-bond donors (Lipinski definition) is 1. The number of thiazole rings is 1. The summed E-state index contributed by atoms with van der Waals surface area (Å²) in [5, 5.41) is 6.99. The van der Waals surface area contributed by atoms with Crippen molar-refractivity contribution in [1.29, 1.82) is 0 Å². The van der Waals surface area contributed by atoms with E-state index in [1.807, 2.05) is 13.0 Å². The van der Waals surface area contributed by atoms with Gasteiger partial charge in [0, 0.05) is 36.4 Å². The van der Waals surface area contributed by atoms with Gasteiger partial charge < -0.3 is 15.0 Å². The molecule has 2 amide bonds.